The molecule has 0 saturated heterocycles. The lowest BCUT2D eigenvalue weighted by Crippen LogP contribution is -2.47. The van der Waals surface area contributed by atoms with Crippen molar-refractivity contribution in [1.29, 1.82) is 0 Å². The van der Waals surface area contributed by atoms with Crippen LogP contribution in [0.15, 0.2) is 18.2 Å². The van der Waals surface area contributed by atoms with Gasteiger partial charge >= 0.3 is 6.03 Å². The zero-order valence-electron chi connectivity index (χ0n) is 28.4. The molecule has 0 radical (unpaired) electrons. The molecule has 0 spiro atoms. The number of urea groups is 1. The number of rotatable bonds is 8. The fourth-order valence-corrected chi connectivity index (χ4v) is 7.25. The summed E-state index contributed by atoms with van der Waals surface area (Å²) < 4.78 is 12.9. The molecule has 3 amide bonds. The fraction of sp³-hybridized carbons (Fsp3) is 0.778. The van der Waals surface area contributed by atoms with Crippen molar-refractivity contribution >= 4 is 17.6 Å². The molecule has 0 bridgehead atoms. The molecular formula is C36H60N4O5. The first-order valence-corrected chi connectivity index (χ1v) is 17.8. The molecule has 45 heavy (non-hydrogen) atoms. The Morgan fingerprint density at radius 2 is 1.69 bits per heavy atom. The number of ether oxygens (including phenoxy) is 2. The molecule has 0 aromatic heterocycles. The van der Waals surface area contributed by atoms with Crippen LogP contribution in [0.3, 0.4) is 0 Å². The molecule has 9 nitrogen and oxygen atoms in total. The highest BCUT2D eigenvalue weighted by atomic mass is 16.5. The van der Waals surface area contributed by atoms with E-state index in [1.54, 1.807) is 23.1 Å². The normalized spacial score (nSPS) is 25.6. The van der Waals surface area contributed by atoms with Gasteiger partial charge in [-0.15, -0.1) is 0 Å². The van der Waals surface area contributed by atoms with E-state index in [0.717, 1.165) is 64.0 Å². The number of fused-ring (bicyclic) bond motifs is 1. The van der Waals surface area contributed by atoms with Crippen LogP contribution in [-0.4, -0.2) is 91.0 Å². The number of nitrogens with one attached hydrogen (secondary N) is 2. The zero-order chi connectivity index (χ0) is 32.2. The summed E-state index contributed by atoms with van der Waals surface area (Å²) in [5.74, 6) is 1.08. The standard InChI is InChI=1S/C36H60N4O5/c1-26-22-40(27(2)25-41)35(42)32-21-31(38-36(43)37-30-16-9-6-10-17-30)18-19-33(32)45-28(3)13-11-12-20-44-34(26)24-39(4)23-29-14-7-5-8-15-29/h18-19,21,26-30,34,41H,5-17,20,22-25H2,1-4H3,(H2,37,38,43)/t26-,27+,28-,34+/m1/s1. The summed E-state index contributed by atoms with van der Waals surface area (Å²) in [4.78, 5) is 31.4. The maximum Gasteiger partial charge on any atom is 0.319 e. The van der Waals surface area contributed by atoms with E-state index in [-0.39, 0.29) is 42.7 Å². The van der Waals surface area contributed by atoms with Crippen LogP contribution in [0.4, 0.5) is 10.5 Å². The van der Waals surface area contributed by atoms with Gasteiger partial charge in [-0.2, -0.15) is 0 Å². The van der Waals surface area contributed by atoms with E-state index in [9.17, 15) is 14.7 Å². The molecule has 3 N–H and O–H groups in total. The van der Waals surface area contributed by atoms with Gasteiger partial charge in [-0.25, -0.2) is 4.79 Å². The minimum Gasteiger partial charge on any atom is -0.490 e. The third-order valence-corrected chi connectivity index (χ3v) is 10.0. The number of hydrogen-bond donors (Lipinski definition) is 3. The van der Waals surface area contributed by atoms with Crippen LogP contribution in [0.25, 0.3) is 0 Å². The van der Waals surface area contributed by atoms with E-state index in [1.807, 2.05) is 13.8 Å². The highest BCUT2D eigenvalue weighted by Crippen LogP contribution is 2.29. The quantitative estimate of drug-likeness (QED) is 0.306. The molecule has 1 aromatic rings. The molecule has 1 heterocycles. The summed E-state index contributed by atoms with van der Waals surface area (Å²) in [5.41, 5.74) is 0.941. The summed E-state index contributed by atoms with van der Waals surface area (Å²) >= 11 is 0. The van der Waals surface area contributed by atoms with Gasteiger partial charge in [-0.1, -0.05) is 45.4 Å². The molecule has 2 aliphatic carbocycles. The van der Waals surface area contributed by atoms with E-state index in [4.69, 9.17) is 9.47 Å². The Kier molecular flexibility index (Phi) is 14.3. The Hall–Kier alpha value is -2.36. The highest BCUT2D eigenvalue weighted by Gasteiger charge is 2.31. The van der Waals surface area contributed by atoms with Crippen LogP contribution in [0.5, 0.6) is 5.75 Å². The van der Waals surface area contributed by atoms with Gasteiger partial charge < -0.3 is 35.0 Å². The largest absolute Gasteiger partial charge is 0.490 e. The highest BCUT2D eigenvalue weighted by molar-refractivity contribution is 5.99. The smallest absolute Gasteiger partial charge is 0.319 e. The second-order valence-corrected chi connectivity index (χ2v) is 14.2. The van der Waals surface area contributed by atoms with Crippen molar-refractivity contribution in [3.8, 4) is 5.75 Å². The van der Waals surface area contributed by atoms with Gasteiger partial charge in [-0.3, -0.25) is 4.79 Å². The Bertz CT molecular complexity index is 1060. The van der Waals surface area contributed by atoms with Crippen LogP contribution in [-0.2, 0) is 4.74 Å². The molecule has 4 rings (SSSR count). The molecule has 1 aromatic carbocycles. The van der Waals surface area contributed by atoms with E-state index in [1.165, 1.54) is 38.5 Å². The van der Waals surface area contributed by atoms with Crippen LogP contribution >= 0.6 is 0 Å². The van der Waals surface area contributed by atoms with Crippen molar-refractivity contribution in [2.45, 2.75) is 129 Å². The van der Waals surface area contributed by atoms with Gasteiger partial charge in [0.15, 0.2) is 0 Å². The van der Waals surface area contributed by atoms with Gasteiger partial charge in [0.2, 0.25) is 0 Å². The fourth-order valence-electron chi connectivity index (χ4n) is 7.25. The van der Waals surface area contributed by atoms with Crippen LogP contribution < -0.4 is 15.4 Å². The molecule has 254 valence electrons. The molecule has 3 aliphatic rings. The molecular weight excluding hydrogens is 568 g/mol. The van der Waals surface area contributed by atoms with Crippen molar-refractivity contribution < 1.29 is 24.2 Å². The molecule has 4 atom stereocenters. The number of carbonyl (C=O) groups excluding carboxylic acids is 2. The number of carbonyl (C=O) groups is 2. The SMILES string of the molecule is C[C@@H]1CCCCO[C@@H](CN(C)CC2CCCCC2)[C@H](C)CN([C@@H](C)CO)C(=O)c2cc(NC(=O)NC3CCCCC3)ccc2O1. The van der Waals surface area contributed by atoms with Crippen LogP contribution in [0.1, 0.15) is 115 Å². The first-order chi connectivity index (χ1) is 21.7. The first kappa shape index (κ1) is 35.5. The number of aliphatic hydroxyl groups excluding tert-OH is 1. The molecule has 0 unspecified atom stereocenters. The molecule has 2 saturated carbocycles. The average molecular weight is 629 g/mol. The summed E-state index contributed by atoms with van der Waals surface area (Å²) in [7, 11) is 2.20. The minimum atomic E-state index is -0.398. The maximum atomic E-state index is 14.4. The number of anilines is 1. The predicted octanol–water partition coefficient (Wildman–Crippen LogP) is 6.45. The van der Waals surface area contributed by atoms with Crippen molar-refractivity contribution in [3.05, 3.63) is 23.8 Å². The number of amides is 3. The second-order valence-electron chi connectivity index (χ2n) is 14.2. The lowest BCUT2D eigenvalue weighted by molar-refractivity contribution is -0.0190. The van der Waals surface area contributed by atoms with E-state index < -0.39 is 6.04 Å². The first-order valence-electron chi connectivity index (χ1n) is 17.8. The zero-order valence-corrected chi connectivity index (χ0v) is 28.4. The van der Waals surface area contributed by atoms with Crippen molar-refractivity contribution in [2.75, 3.05) is 45.2 Å². The summed E-state index contributed by atoms with van der Waals surface area (Å²) in [6, 6.07) is 4.85. The number of aliphatic hydroxyl groups is 1. The number of hydrogen-bond acceptors (Lipinski definition) is 6. The number of likely N-dealkylation sites (N-methyl/N-ethyl adjacent to an activating group) is 1. The van der Waals surface area contributed by atoms with Gasteiger partial charge in [0.25, 0.3) is 5.91 Å². The van der Waals surface area contributed by atoms with Gasteiger partial charge in [0.05, 0.1) is 30.4 Å². The van der Waals surface area contributed by atoms with Crippen LogP contribution in [0, 0.1) is 11.8 Å². The third kappa shape index (κ3) is 11.1. The Morgan fingerprint density at radius 3 is 2.40 bits per heavy atom. The van der Waals surface area contributed by atoms with Gasteiger partial charge in [0, 0.05) is 43.9 Å². The summed E-state index contributed by atoms with van der Waals surface area (Å²) in [5, 5.41) is 16.3. The Morgan fingerprint density at radius 1 is 1.00 bits per heavy atom. The summed E-state index contributed by atoms with van der Waals surface area (Å²) in [6.07, 6.45) is 14.7. The van der Waals surface area contributed by atoms with E-state index in [2.05, 4.69) is 29.5 Å². The number of nitrogens with zero attached hydrogens (tertiary/aromatic N) is 2. The van der Waals surface area contributed by atoms with Crippen molar-refractivity contribution in [1.82, 2.24) is 15.1 Å². The van der Waals surface area contributed by atoms with E-state index >= 15 is 0 Å². The van der Waals surface area contributed by atoms with Crippen molar-refractivity contribution in [2.24, 2.45) is 11.8 Å². The molecule has 9 heteroatoms. The topological polar surface area (TPSA) is 103 Å². The Balaban J connectivity index is 1.54. The van der Waals surface area contributed by atoms with E-state index in [0.29, 0.717) is 30.2 Å². The van der Waals surface area contributed by atoms with Gasteiger partial charge in [0.1, 0.15) is 5.75 Å². The molecule has 2 fully saturated rings. The summed E-state index contributed by atoms with van der Waals surface area (Å²) in [6.45, 7) is 8.92. The number of benzene rings is 1. The Labute approximate surface area is 271 Å². The lowest BCUT2D eigenvalue weighted by atomic mass is 9.89. The maximum absolute atomic E-state index is 14.4. The minimum absolute atomic E-state index is 0.0349. The lowest BCUT2D eigenvalue weighted by Gasteiger charge is -2.36. The van der Waals surface area contributed by atoms with Gasteiger partial charge in [-0.05, 0) is 90.0 Å². The molecule has 1 aliphatic heterocycles. The van der Waals surface area contributed by atoms with Crippen molar-refractivity contribution in [3.63, 3.8) is 0 Å². The second kappa shape index (κ2) is 18.1. The third-order valence-electron chi connectivity index (χ3n) is 10.0. The predicted molar refractivity (Wildman–Crippen MR) is 180 cm³/mol. The average Bonchev–Trinajstić information content (AvgIpc) is 3.03. The van der Waals surface area contributed by atoms with Crippen LogP contribution in [0.2, 0.25) is 0 Å². The monoisotopic (exact) mass is 628 g/mol.